The second-order valence-electron chi connectivity index (χ2n) is 4.67. The van der Waals surface area contributed by atoms with E-state index >= 15 is 0 Å². The van der Waals surface area contributed by atoms with E-state index in [1.165, 1.54) is 0 Å². The van der Waals surface area contributed by atoms with Gasteiger partial charge in [0.2, 0.25) is 0 Å². The molecule has 2 aromatic rings. The Balaban J connectivity index is 2.22. The van der Waals surface area contributed by atoms with E-state index < -0.39 is 5.97 Å². The highest BCUT2D eigenvalue weighted by Crippen LogP contribution is 2.25. The number of phenolic OH excluding ortho intramolecular Hbond substituents is 1. The van der Waals surface area contributed by atoms with Crippen molar-refractivity contribution in [2.75, 3.05) is 6.54 Å². The number of nitrogens with one attached hydrogen (secondary N) is 1. The van der Waals surface area contributed by atoms with Crippen molar-refractivity contribution in [3.63, 3.8) is 0 Å². The normalized spacial score (nSPS) is 12.0. The standard InChI is InChI=1S/C16H16ClNO3/c17-13-5-1-11(2-6-13)16(18-10-9-15(20)21)12-3-7-14(19)8-4-12/h1-8,16,18-19H,9-10H2,(H,20,21). The molecule has 0 aliphatic carbocycles. The van der Waals surface area contributed by atoms with Crippen molar-refractivity contribution >= 4 is 17.6 Å². The molecule has 0 saturated heterocycles. The lowest BCUT2D eigenvalue weighted by molar-refractivity contribution is -0.136. The van der Waals surface area contributed by atoms with Crippen LogP contribution in [0.4, 0.5) is 0 Å². The van der Waals surface area contributed by atoms with Crippen LogP contribution in [0.3, 0.4) is 0 Å². The summed E-state index contributed by atoms with van der Waals surface area (Å²) in [4.78, 5) is 10.7. The first-order valence-corrected chi connectivity index (χ1v) is 6.93. The molecule has 2 aromatic carbocycles. The van der Waals surface area contributed by atoms with Crippen molar-refractivity contribution in [3.05, 3.63) is 64.7 Å². The number of carboxylic acid groups (broad SMARTS) is 1. The van der Waals surface area contributed by atoms with Gasteiger partial charge in [-0.1, -0.05) is 35.9 Å². The summed E-state index contributed by atoms with van der Waals surface area (Å²) in [6.07, 6.45) is 0.0438. The van der Waals surface area contributed by atoms with Gasteiger partial charge in [-0.3, -0.25) is 4.79 Å². The highest BCUT2D eigenvalue weighted by Gasteiger charge is 2.14. The quantitative estimate of drug-likeness (QED) is 0.766. The topological polar surface area (TPSA) is 69.6 Å². The van der Waals surface area contributed by atoms with E-state index in [0.717, 1.165) is 11.1 Å². The summed E-state index contributed by atoms with van der Waals surface area (Å²) in [5.41, 5.74) is 1.93. The molecule has 2 rings (SSSR count). The Morgan fingerprint density at radius 3 is 2.10 bits per heavy atom. The average Bonchev–Trinajstić information content (AvgIpc) is 2.46. The zero-order valence-electron chi connectivity index (χ0n) is 11.3. The van der Waals surface area contributed by atoms with E-state index in [1.54, 1.807) is 24.3 Å². The van der Waals surface area contributed by atoms with Crippen molar-refractivity contribution in [2.45, 2.75) is 12.5 Å². The number of phenols is 1. The first kappa shape index (κ1) is 15.4. The largest absolute Gasteiger partial charge is 0.508 e. The van der Waals surface area contributed by atoms with Gasteiger partial charge in [0.15, 0.2) is 0 Å². The van der Waals surface area contributed by atoms with E-state index in [1.807, 2.05) is 24.3 Å². The van der Waals surface area contributed by atoms with Crippen LogP contribution in [-0.4, -0.2) is 22.7 Å². The Hall–Kier alpha value is -2.04. The van der Waals surface area contributed by atoms with Gasteiger partial charge in [0, 0.05) is 11.6 Å². The number of aliphatic carboxylic acids is 1. The zero-order chi connectivity index (χ0) is 15.2. The molecule has 3 N–H and O–H groups in total. The molecule has 0 radical (unpaired) electrons. The smallest absolute Gasteiger partial charge is 0.304 e. The second-order valence-corrected chi connectivity index (χ2v) is 5.11. The molecule has 110 valence electrons. The predicted molar refractivity (Wildman–Crippen MR) is 81.7 cm³/mol. The number of benzene rings is 2. The summed E-state index contributed by atoms with van der Waals surface area (Å²) in [7, 11) is 0. The molecular weight excluding hydrogens is 290 g/mol. The van der Waals surface area contributed by atoms with Crippen LogP contribution >= 0.6 is 11.6 Å². The molecule has 0 bridgehead atoms. The third-order valence-electron chi connectivity index (χ3n) is 3.12. The lowest BCUT2D eigenvalue weighted by Gasteiger charge is -2.19. The molecule has 1 atom stereocenters. The lowest BCUT2D eigenvalue weighted by atomic mass is 9.98. The van der Waals surface area contributed by atoms with Crippen molar-refractivity contribution in [3.8, 4) is 5.75 Å². The van der Waals surface area contributed by atoms with Crippen LogP contribution in [0.5, 0.6) is 5.75 Å². The highest BCUT2D eigenvalue weighted by molar-refractivity contribution is 6.30. The fourth-order valence-corrected chi connectivity index (χ4v) is 2.20. The number of aromatic hydroxyl groups is 1. The number of carboxylic acids is 1. The summed E-state index contributed by atoms with van der Waals surface area (Å²) >= 11 is 5.90. The summed E-state index contributed by atoms with van der Waals surface area (Å²) in [5.74, 6) is -0.651. The molecule has 0 spiro atoms. The third kappa shape index (κ3) is 4.48. The maximum atomic E-state index is 10.7. The summed E-state index contributed by atoms with van der Waals surface area (Å²) < 4.78 is 0. The SMILES string of the molecule is O=C(O)CCNC(c1ccc(O)cc1)c1ccc(Cl)cc1. The van der Waals surface area contributed by atoms with Gasteiger partial charge < -0.3 is 15.5 Å². The lowest BCUT2D eigenvalue weighted by Crippen LogP contribution is -2.25. The minimum atomic E-state index is -0.844. The molecule has 0 saturated carbocycles. The maximum Gasteiger partial charge on any atom is 0.304 e. The van der Waals surface area contributed by atoms with Gasteiger partial charge in [0.1, 0.15) is 5.75 Å². The molecule has 0 amide bonds. The number of hydrogen-bond acceptors (Lipinski definition) is 3. The molecule has 1 unspecified atom stereocenters. The number of carbonyl (C=O) groups is 1. The van der Waals surface area contributed by atoms with Crippen LogP contribution in [0, 0.1) is 0 Å². The Morgan fingerprint density at radius 1 is 1.05 bits per heavy atom. The second kappa shape index (κ2) is 7.11. The van der Waals surface area contributed by atoms with Gasteiger partial charge in [0.05, 0.1) is 12.5 Å². The Bertz CT molecular complexity index is 550. The van der Waals surface area contributed by atoms with Gasteiger partial charge in [-0.05, 0) is 35.4 Å². The number of hydrogen-bond donors (Lipinski definition) is 3. The maximum absolute atomic E-state index is 10.7. The average molecular weight is 306 g/mol. The molecule has 0 aliphatic heterocycles. The molecule has 0 heterocycles. The Kier molecular flexibility index (Phi) is 5.20. The van der Waals surface area contributed by atoms with Crippen molar-refractivity contribution in [1.82, 2.24) is 5.32 Å². The van der Waals surface area contributed by atoms with E-state index in [2.05, 4.69) is 5.32 Å². The molecule has 0 aromatic heterocycles. The molecule has 21 heavy (non-hydrogen) atoms. The summed E-state index contributed by atoms with van der Waals surface area (Å²) in [6.45, 7) is 0.351. The first-order chi connectivity index (χ1) is 10.1. The van der Waals surface area contributed by atoms with Crippen molar-refractivity contribution < 1.29 is 15.0 Å². The monoisotopic (exact) mass is 305 g/mol. The highest BCUT2D eigenvalue weighted by atomic mass is 35.5. The third-order valence-corrected chi connectivity index (χ3v) is 3.37. The van der Waals surface area contributed by atoms with E-state index in [4.69, 9.17) is 16.7 Å². The van der Waals surface area contributed by atoms with Gasteiger partial charge in [-0.2, -0.15) is 0 Å². The fraction of sp³-hybridized carbons (Fsp3) is 0.188. The molecular formula is C16H16ClNO3. The van der Waals surface area contributed by atoms with E-state index in [-0.39, 0.29) is 18.2 Å². The van der Waals surface area contributed by atoms with Gasteiger partial charge in [0.25, 0.3) is 0 Å². The molecule has 4 nitrogen and oxygen atoms in total. The number of halogens is 1. The van der Waals surface area contributed by atoms with Crippen LogP contribution in [0.1, 0.15) is 23.6 Å². The molecule has 5 heteroatoms. The van der Waals surface area contributed by atoms with Crippen LogP contribution in [-0.2, 0) is 4.79 Å². The predicted octanol–water partition coefficient (Wildman–Crippen LogP) is 3.20. The van der Waals surface area contributed by atoms with Crippen LogP contribution < -0.4 is 5.32 Å². The Labute approximate surface area is 128 Å². The molecule has 0 aliphatic rings. The van der Waals surface area contributed by atoms with Gasteiger partial charge in [-0.25, -0.2) is 0 Å². The zero-order valence-corrected chi connectivity index (χ0v) is 12.0. The van der Waals surface area contributed by atoms with Crippen LogP contribution in [0.25, 0.3) is 0 Å². The number of rotatable bonds is 6. The van der Waals surface area contributed by atoms with Gasteiger partial charge in [-0.15, -0.1) is 0 Å². The molecule has 0 fully saturated rings. The van der Waals surface area contributed by atoms with E-state index in [0.29, 0.717) is 11.6 Å². The summed E-state index contributed by atoms with van der Waals surface area (Å²) in [6, 6.07) is 14.1. The van der Waals surface area contributed by atoms with E-state index in [9.17, 15) is 9.90 Å². The van der Waals surface area contributed by atoms with Crippen molar-refractivity contribution in [1.29, 1.82) is 0 Å². The first-order valence-electron chi connectivity index (χ1n) is 6.56. The van der Waals surface area contributed by atoms with Crippen molar-refractivity contribution in [2.24, 2.45) is 0 Å². The fourth-order valence-electron chi connectivity index (χ4n) is 2.07. The summed E-state index contributed by atoms with van der Waals surface area (Å²) in [5, 5.41) is 22.0. The van der Waals surface area contributed by atoms with Crippen LogP contribution in [0.2, 0.25) is 5.02 Å². The Morgan fingerprint density at radius 2 is 1.57 bits per heavy atom. The van der Waals surface area contributed by atoms with Crippen LogP contribution in [0.15, 0.2) is 48.5 Å². The minimum Gasteiger partial charge on any atom is -0.508 e. The van der Waals surface area contributed by atoms with Gasteiger partial charge >= 0.3 is 5.97 Å². The minimum absolute atomic E-state index is 0.0438.